The molecule has 1 heteroatoms. The summed E-state index contributed by atoms with van der Waals surface area (Å²) in [6, 6.07) is 10.4. The molecule has 2 atom stereocenters. The van der Waals surface area contributed by atoms with Crippen molar-refractivity contribution in [2.45, 2.75) is 32.1 Å². The van der Waals surface area contributed by atoms with Gasteiger partial charge in [-0.3, -0.25) is 4.79 Å². The van der Waals surface area contributed by atoms with Crippen LogP contribution in [0.3, 0.4) is 0 Å². The van der Waals surface area contributed by atoms with Crippen LogP contribution in [0.4, 0.5) is 0 Å². The smallest absolute Gasteiger partial charge is 0.133 e. The predicted molar refractivity (Wildman–Crippen MR) is 57.2 cm³/mol. The summed E-state index contributed by atoms with van der Waals surface area (Å²) in [5, 5.41) is 0. The molecule has 1 aromatic carbocycles. The third kappa shape index (κ3) is 1.87. The lowest BCUT2D eigenvalue weighted by Gasteiger charge is -2.28. The molecule has 74 valence electrons. The molecule has 0 aromatic heterocycles. The zero-order valence-electron chi connectivity index (χ0n) is 8.57. The van der Waals surface area contributed by atoms with Gasteiger partial charge in [0.15, 0.2) is 0 Å². The van der Waals surface area contributed by atoms with Crippen molar-refractivity contribution >= 4 is 5.78 Å². The standard InChI is InChI=1S/C13H16O/c1-10-7-8-12(14)9-13(10)11-5-3-2-4-6-11/h2-6,10,13H,7-9H2,1H3. The van der Waals surface area contributed by atoms with E-state index in [0.29, 0.717) is 17.6 Å². The van der Waals surface area contributed by atoms with Crippen LogP contribution < -0.4 is 0 Å². The van der Waals surface area contributed by atoms with Crippen LogP contribution in [0.1, 0.15) is 37.7 Å². The van der Waals surface area contributed by atoms with Gasteiger partial charge < -0.3 is 0 Å². The molecule has 1 fully saturated rings. The quantitative estimate of drug-likeness (QED) is 0.661. The first-order valence-corrected chi connectivity index (χ1v) is 5.34. The van der Waals surface area contributed by atoms with Crippen molar-refractivity contribution in [1.82, 2.24) is 0 Å². The first kappa shape index (κ1) is 9.45. The minimum Gasteiger partial charge on any atom is -0.300 e. The van der Waals surface area contributed by atoms with Crippen LogP contribution in [0, 0.1) is 5.92 Å². The Labute approximate surface area is 85.1 Å². The van der Waals surface area contributed by atoms with E-state index in [1.807, 2.05) is 6.07 Å². The second-order valence-electron chi connectivity index (χ2n) is 4.28. The minimum atomic E-state index is 0.428. The Morgan fingerprint density at radius 1 is 1.21 bits per heavy atom. The summed E-state index contributed by atoms with van der Waals surface area (Å²) in [6.45, 7) is 2.25. The van der Waals surface area contributed by atoms with Crippen molar-refractivity contribution < 1.29 is 4.79 Å². The molecule has 2 unspecified atom stereocenters. The first-order valence-electron chi connectivity index (χ1n) is 5.34. The van der Waals surface area contributed by atoms with Crippen molar-refractivity contribution in [3.8, 4) is 0 Å². The number of ketones is 1. The topological polar surface area (TPSA) is 17.1 Å². The Kier molecular flexibility index (Phi) is 2.67. The molecule has 0 N–H and O–H groups in total. The molecule has 1 saturated carbocycles. The second kappa shape index (κ2) is 3.95. The van der Waals surface area contributed by atoms with E-state index in [9.17, 15) is 4.79 Å². The van der Waals surface area contributed by atoms with Gasteiger partial charge >= 0.3 is 0 Å². The van der Waals surface area contributed by atoms with Crippen molar-refractivity contribution in [3.05, 3.63) is 35.9 Å². The maximum absolute atomic E-state index is 11.4. The number of Topliss-reactive ketones (excluding diaryl/α,β-unsaturated/α-hetero) is 1. The van der Waals surface area contributed by atoms with E-state index in [4.69, 9.17) is 0 Å². The summed E-state index contributed by atoms with van der Waals surface area (Å²) in [5.74, 6) is 1.53. The molecular weight excluding hydrogens is 172 g/mol. The van der Waals surface area contributed by atoms with E-state index in [-0.39, 0.29) is 0 Å². The van der Waals surface area contributed by atoms with Gasteiger partial charge in [-0.15, -0.1) is 0 Å². The van der Waals surface area contributed by atoms with Crippen LogP contribution in [0.25, 0.3) is 0 Å². The van der Waals surface area contributed by atoms with E-state index >= 15 is 0 Å². The van der Waals surface area contributed by atoms with Gasteiger partial charge in [0.05, 0.1) is 0 Å². The van der Waals surface area contributed by atoms with Crippen LogP contribution >= 0.6 is 0 Å². The Morgan fingerprint density at radius 3 is 2.64 bits per heavy atom. The number of hydrogen-bond donors (Lipinski definition) is 0. The molecule has 1 nitrogen and oxygen atoms in total. The number of carbonyl (C=O) groups excluding carboxylic acids is 1. The molecule has 2 rings (SSSR count). The summed E-state index contributed by atoms with van der Waals surface area (Å²) in [5.41, 5.74) is 1.33. The molecule has 0 bridgehead atoms. The second-order valence-corrected chi connectivity index (χ2v) is 4.28. The lowest BCUT2D eigenvalue weighted by molar-refractivity contribution is -0.121. The third-order valence-corrected chi connectivity index (χ3v) is 3.24. The van der Waals surface area contributed by atoms with Crippen LogP contribution in [0.2, 0.25) is 0 Å². The van der Waals surface area contributed by atoms with Crippen LogP contribution in [0.15, 0.2) is 30.3 Å². The Hall–Kier alpha value is -1.11. The first-order chi connectivity index (χ1) is 6.77. The van der Waals surface area contributed by atoms with Gasteiger partial charge in [-0.1, -0.05) is 37.3 Å². The highest BCUT2D eigenvalue weighted by atomic mass is 16.1. The molecule has 0 spiro atoms. The maximum Gasteiger partial charge on any atom is 0.133 e. The minimum absolute atomic E-state index is 0.428. The summed E-state index contributed by atoms with van der Waals surface area (Å²) in [6.07, 6.45) is 2.58. The Bertz CT molecular complexity index is 315. The van der Waals surface area contributed by atoms with Crippen molar-refractivity contribution in [3.63, 3.8) is 0 Å². The van der Waals surface area contributed by atoms with Crippen LogP contribution in [-0.2, 0) is 4.79 Å². The van der Waals surface area contributed by atoms with Gasteiger partial charge in [-0.25, -0.2) is 0 Å². The Balaban J connectivity index is 2.20. The van der Waals surface area contributed by atoms with Gasteiger partial charge in [0, 0.05) is 12.8 Å². The van der Waals surface area contributed by atoms with Gasteiger partial charge in [-0.2, -0.15) is 0 Å². The zero-order valence-corrected chi connectivity index (χ0v) is 8.57. The molecular formula is C13H16O. The fourth-order valence-corrected chi connectivity index (χ4v) is 2.28. The van der Waals surface area contributed by atoms with Gasteiger partial charge in [0.1, 0.15) is 5.78 Å². The van der Waals surface area contributed by atoms with E-state index in [2.05, 4.69) is 31.2 Å². The molecule has 1 aliphatic carbocycles. The molecule has 1 aliphatic rings. The third-order valence-electron chi connectivity index (χ3n) is 3.24. The van der Waals surface area contributed by atoms with Crippen LogP contribution in [0.5, 0.6) is 0 Å². The molecule has 0 radical (unpaired) electrons. The number of hydrogen-bond acceptors (Lipinski definition) is 1. The summed E-state index contributed by atoms with van der Waals surface area (Å²) in [7, 11) is 0. The van der Waals surface area contributed by atoms with E-state index in [1.54, 1.807) is 0 Å². The fraction of sp³-hybridized carbons (Fsp3) is 0.462. The highest BCUT2D eigenvalue weighted by Gasteiger charge is 2.26. The summed E-state index contributed by atoms with van der Waals surface area (Å²) >= 11 is 0. The van der Waals surface area contributed by atoms with Gasteiger partial charge in [-0.05, 0) is 23.8 Å². The van der Waals surface area contributed by atoms with E-state index < -0.39 is 0 Å². The molecule has 0 aliphatic heterocycles. The Morgan fingerprint density at radius 2 is 1.93 bits per heavy atom. The lowest BCUT2D eigenvalue weighted by Crippen LogP contribution is -2.21. The van der Waals surface area contributed by atoms with Gasteiger partial charge in [0.2, 0.25) is 0 Å². The van der Waals surface area contributed by atoms with Crippen molar-refractivity contribution in [1.29, 1.82) is 0 Å². The fourth-order valence-electron chi connectivity index (χ4n) is 2.28. The average molecular weight is 188 g/mol. The largest absolute Gasteiger partial charge is 0.300 e. The lowest BCUT2D eigenvalue weighted by atomic mass is 9.76. The number of rotatable bonds is 1. The van der Waals surface area contributed by atoms with E-state index in [0.717, 1.165) is 19.3 Å². The monoisotopic (exact) mass is 188 g/mol. The SMILES string of the molecule is CC1CCC(=O)CC1c1ccccc1. The highest BCUT2D eigenvalue weighted by molar-refractivity contribution is 5.80. The zero-order chi connectivity index (χ0) is 9.97. The molecule has 1 aromatic rings. The molecule has 0 amide bonds. The normalized spacial score (nSPS) is 27.6. The number of benzene rings is 1. The predicted octanol–water partition coefficient (Wildman–Crippen LogP) is 3.16. The molecule has 0 saturated heterocycles. The summed E-state index contributed by atoms with van der Waals surface area (Å²) < 4.78 is 0. The maximum atomic E-state index is 11.4. The summed E-state index contributed by atoms with van der Waals surface area (Å²) in [4.78, 5) is 11.4. The molecule has 14 heavy (non-hydrogen) atoms. The number of carbonyl (C=O) groups is 1. The van der Waals surface area contributed by atoms with E-state index in [1.165, 1.54) is 5.56 Å². The van der Waals surface area contributed by atoms with Crippen molar-refractivity contribution in [2.75, 3.05) is 0 Å². The van der Waals surface area contributed by atoms with Crippen molar-refractivity contribution in [2.24, 2.45) is 5.92 Å². The van der Waals surface area contributed by atoms with Gasteiger partial charge in [0.25, 0.3) is 0 Å². The van der Waals surface area contributed by atoms with Crippen LogP contribution in [-0.4, -0.2) is 5.78 Å². The highest BCUT2D eigenvalue weighted by Crippen LogP contribution is 2.35. The molecule has 0 heterocycles. The average Bonchev–Trinajstić information content (AvgIpc) is 2.23.